The lowest BCUT2D eigenvalue weighted by atomic mass is 9.97. The minimum atomic E-state index is -1.81. The summed E-state index contributed by atoms with van der Waals surface area (Å²) in [5.74, 6) is -2.08. The van der Waals surface area contributed by atoms with Crippen LogP contribution in [0.3, 0.4) is 0 Å². The van der Waals surface area contributed by atoms with Gasteiger partial charge in [-0.3, -0.25) is 9.59 Å². The molecule has 5 aromatic rings. The zero-order valence-corrected chi connectivity index (χ0v) is 23.8. The van der Waals surface area contributed by atoms with E-state index in [9.17, 15) is 9.59 Å². The summed E-state index contributed by atoms with van der Waals surface area (Å²) in [7, 11) is 0. The van der Waals surface area contributed by atoms with Crippen LogP contribution in [0.25, 0.3) is 17.1 Å². The molecular formula is C34H31N5O5. The van der Waals surface area contributed by atoms with E-state index in [-0.39, 0.29) is 25.2 Å². The lowest BCUT2D eigenvalue weighted by molar-refractivity contribution is -0.189. The van der Waals surface area contributed by atoms with E-state index in [1.807, 2.05) is 91.0 Å². The van der Waals surface area contributed by atoms with E-state index in [4.69, 9.17) is 25.0 Å². The molecule has 1 aliphatic rings. The minimum Gasteiger partial charge on any atom is -0.489 e. The Morgan fingerprint density at radius 3 is 2.36 bits per heavy atom. The zero-order chi connectivity index (χ0) is 30.4. The third kappa shape index (κ3) is 6.22. The molecule has 3 heterocycles. The largest absolute Gasteiger partial charge is 0.489 e. The Hall–Kier alpha value is -5.32. The van der Waals surface area contributed by atoms with E-state index >= 15 is 0 Å². The van der Waals surface area contributed by atoms with Crippen LogP contribution in [0.15, 0.2) is 116 Å². The lowest BCUT2D eigenvalue weighted by Crippen LogP contribution is -2.61. The van der Waals surface area contributed by atoms with Crippen LogP contribution in [0.2, 0.25) is 0 Å². The summed E-state index contributed by atoms with van der Waals surface area (Å²) < 4.78 is 19.0. The third-order valence-corrected chi connectivity index (χ3v) is 7.32. The van der Waals surface area contributed by atoms with Crippen LogP contribution in [-0.4, -0.2) is 51.6 Å². The summed E-state index contributed by atoms with van der Waals surface area (Å²) in [6.45, 7) is 0.803. The van der Waals surface area contributed by atoms with E-state index in [1.165, 1.54) is 0 Å². The van der Waals surface area contributed by atoms with Gasteiger partial charge in [0.2, 0.25) is 0 Å². The summed E-state index contributed by atoms with van der Waals surface area (Å²) in [5.41, 5.74) is 9.48. The number of nitrogens with zero attached hydrogens (tertiary/aromatic N) is 3. The summed E-state index contributed by atoms with van der Waals surface area (Å²) in [6.07, 6.45) is 3.57. The molecule has 0 bridgehead atoms. The van der Waals surface area contributed by atoms with Crippen molar-refractivity contribution >= 4 is 11.8 Å². The maximum atomic E-state index is 13.8. The van der Waals surface area contributed by atoms with Gasteiger partial charge in [0.05, 0.1) is 30.5 Å². The molecule has 0 spiro atoms. The molecule has 44 heavy (non-hydrogen) atoms. The first-order valence-corrected chi connectivity index (χ1v) is 14.2. The Bertz CT molecular complexity index is 1740. The van der Waals surface area contributed by atoms with Crippen molar-refractivity contribution in [2.45, 2.75) is 24.9 Å². The highest BCUT2D eigenvalue weighted by atomic mass is 16.7. The van der Waals surface area contributed by atoms with E-state index in [2.05, 4.69) is 10.3 Å². The Morgan fingerprint density at radius 1 is 0.909 bits per heavy atom. The summed E-state index contributed by atoms with van der Waals surface area (Å²) in [5, 5.41) is 7.66. The van der Waals surface area contributed by atoms with E-state index in [0.717, 1.165) is 16.7 Å². The van der Waals surface area contributed by atoms with Gasteiger partial charge in [0.1, 0.15) is 12.4 Å². The molecule has 2 amide bonds. The number of amides is 2. The van der Waals surface area contributed by atoms with Crippen LogP contribution in [0.5, 0.6) is 5.75 Å². The highest BCUT2D eigenvalue weighted by Crippen LogP contribution is 2.28. The van der Waals surface area contributed by atoms with Gasteiger partial charge >= 0.3 is 0 Å². The second kappa shape index (κ2) is 12.9. The number of nitrogens with two attached hydrogens (primary N) is 1. The van der Waals surface area contributed by atoms with Crippen LogP contribution in [0.1, 0.15) is 21.5 Å². The average molecular weight is 590 g/mol. The second-order valence-electron chi connectivity index (χ2n) is 10.3. The van der Waals surface area contributed by atoms with E-state index in [0.29, 0.717) is 23.9 Å². The highest BCUT2D eigenvalue weighted by molar-refractivity contribution is 5.98. The number of hydrogen-bond donors (Lipinski definition) is 2. The Kier molecular flexibility index (Phi) is 8.44. The molecule has 0 saturated carbocycles. The van der Waals surface area contributed by atoms with E-state index < -0.39 is 23.6 Å². The van der Waals surface area contributed by atoms with Crippen LogP contribution < -0.4 is 15.8 Å². The number of carbonyl (C=O) groups is 2. The number of aromatic nitrogens is 3. The zero-order valence-electron chi connectivity index (χ0n) is 23.8. The predicted molar refractivity (Wildman–Crippen MR) is 163 cm³/mol. The molecule has 1 saturated heterocycles. The van der Waals surface area contributed by atoms with Gasteiger partial charge in [0, 0.05) is 18.0 Å². The van der Waals surface area contributed by atoms with Crippen LogP contribution in [0, 0.1) is 0 Å². The molecule has 3 N–H and O–H groups in total. The molecule has 1 unspecified atom stereocenters. The fourth-order valence-corrected chi connectivity index (χ4v) is 5.15. The standard InChI is InChI=1S/C34H31N5O5/c35-33(41)34(43-19-20-44-34)30(21-24-9-3-1-4-10-24)37-32(40)28-15-8-17-36-31(28)39-18-16-29(38-39)26-13-7-14-27(22-26)42-23-25-11-5-2-6-12-25/h1-18,22,30H,19-21,23H2,(H2,35,41)(H,37,40). The second-order valence-corrected chi connectivity index (χ2v) is 10.3. The van der Waals surface area contributed by atoms with Crippen molar-refractivity contribution < 1.29 is 23.8 Å². The maximum absolute atomic E-state index is 13.8. The fraction of sp³-hybridized carbons (Fsp3) is 0.176. The number of primary amides is 1. The maximum Gasteiger partial charge on any atom is 0.280 e. The lowest BCUT2D eigenvalue weighted by Gasteiger charge is -2.33. The molecule has 1 fully saturated rings. The number of benzene rings is 3. The smallest absolute Gasteiger partial charge is 0.280 e. The molecule has 1 aliphatic heterocycles. The van der Waals surface area contributed by atoms with Crippen molar-refractivity contribution in [3.63, 3.8) is 0 Å². The van der Waals surface area contributed by atoms with Crippen molar-refractivity contribution in [3.05, 3.63) is 132 Å². The molecule has 10 heteroatoms. The summed E-state index contributed by atoms with van der Waals surface area (Å²) in [4.78, 5) is 30.9. The SMILES string of the molecule is NC(=O)C1(C(Cc2ccccc2)NC(=O)c2cccnc2-n2ccc(-c3cccc(OCc4ccccc4)c3)n2)OCCO1. The first-order chi connectivity index (χ1) is 21.5. The van der Waals surface area contributed by atoms with Gasteiger partial charge in [0.15, 0.2) is 5.82 Å². The monoisotopic (exact) mass is 589 g/mol. The van der Waals surface area contributed by atoms with Crippen molar-refractivity contribution in [2.24, 2.45) is 5.73 Å². The van der Waals surface area contributed by atoms with Crippen LogP contribution >= 0.6 is 0 Å². The van der Waals surface area contributed by atoms with Crippen molar-refractivity contribution in [3.8, 4) is 22.8 Å². The molecule has 1 atom stereocenters. The van der Waals surface area contributed by atoms with Gasteiger partial charge in [-0.1, -0.05) is 72.8 Å². The van der Waals surface area contributed by atoms with Gasteiger partial charge < -0.3 is 25.3 Å². The molecule has 0 aliphatic carbocycles. The van der Waals surface area contributed by atoms with Gasteiger partial charge in [-0.2, -0.15) is 5.10 Å². The van der Waals surface area contributed by atoms with Gasteiger partial charge in [0.25, 0.3) is 17.6 Å². The van der Waals surface area contributed by atoms with Crippen molar-refractivity contribution in [2.75, 3.05) is 13.2 Å². The minimum absolute atomic E-state index is 0.177. The van der Waals surface area contributed by atoms with Crippen LogP contribution in [-0.2, 0) is 27.3 Å². The molecular weight excluding hydrogens is 558 g/mol. The van der Waals surface area contributed by atoms with E-state index in [1.54, 1.807) is 29.2 Å². The van der Waals surface area contributed by atoms with Gasteiger partial charge in [-0.05, 0) is 47.9 Å². The summed E-state index contributed by atoms with van der Waals surface area (Å²) in [6, 6.07) is 31.3. The number of ether oxygens (including phenoxy) is 3. The molecule has 222 valence electrons. The number of carbonyl (C=O) groups excluding carboxylic acids is 2. The summed E-state index contributed by atoms with van der Waals surface area (Å²) >= 11 is 0. The van der Waals surface area contributed by atoms with Crippen LogP contribution in [0.4, 0.5) is 0 Å². The third-order valence-electron chi connectivity index (χ3n) is 7.32. The van der Waals surface area contributed by atoms with Gasteiger partial charge in [-0.15, -0.1) is 0 Å². The quantitative estimate of drug-likeness (QED) is 0.237. The van der Waals surface area contributed by atoms with Gasteiger partial charge in [-0.25, -0.2) is 9.67 Å². The number of nitrogens with one attached hydrogen (secondary N) is 1. The number of hydrogen-bond acceptors (Lipinski definition) is 7. The van der Waals surface area contributed by atoms with Crippen molar-refractivity contribution in [1.29, 1.82) is 0 Å². The molecule has 2 aromatic heterocycles. The topological polar surface area (TPSA) is 131 Å². The molecule has 0 radical (unpaired) electrons. The molecule has 3 aromatic carbocycles. The Balaban J connectivity index is 1.24. The normalized spacial score (nSPS) is 14.5. The predicted octanol–water partition coefficient (Wildman–Crippen LogP) is 4.08. The van der Waals surface area contributed by atoms with Crippen molar-refractivity contribution in [1.82, 2.24) is 20.1 Å². The Morgan fingerprint density at radius 2 is 1.64 bits per heavy atom. The fourth-order valence-electron chi connectivity index (χ4n) is 5.15. The molecule has 10 nitrogen and oxygen atoms in total. The number of pyridine rings is 1. The molecule has 6 rings (SSSR count). The number of rotatable bonds is 11. The highest BCUT2D eigenvalue weighted by Gasteiger charge is 2.51. The average Bonchev–Trinajstić information content (AvgIpc) is 3.77. The first-order valence-electron chi connectivity index (χ1n) is 14.2. The first kappa shape index (κ1) is 28.8. The Labute approximate surface area is 254 Å².